The molecule has 18 heavy (non-hydrogen) atoms. The Kier molecular flexibility index (Phi) is 4.53. The highest BCUT2D eigenvalue weighted by Crippen LogP contribution is 2.18. The van der Waals surface area contributed by atoms with E-state index in [0.717, 1.165) is 19.3 Å². The molecule has 94 valence electrons. The summed E-state index contributed by atoms with van der Waals surface area (Å²) in [4.78, 5) is 15.6. The molecule has 0 fully saturated rings. The molecule has 4 heteroatoms. The van der Waals surface area contributed by atoms with Gasteiger partial charge in [0.1, 0.15) is 5.15 Å². The van der Waals surface area contributed by atoms with Crippen LogP contribution in [0.3, 0.4) is 0 Å². The molecule has 1 aromatic heterocycles. The smallest absolute Gasteiger partial charge is 0.224 e. The van der Waals surface area contributed by atoms with Gasteiger partial charge < -0.3 is 5.32 Å². The van der Waals surface area contributed by atoms with Gasteiger partial charge in [-0.05, 0) is 31.4 Å². The lowest BCUT2D eigenvalue weighted by molar-refractivity contribution is -0.116. The van der Waals surface area contributed by atoms with Crippen LogP contribution in [0.15, 0.2) is 42.1 Å². The number of hydrogen-bond donors (Lipinski definition) is 1. The molecule has 2 rings (SSSR count). The van der Waals surface area contributed by atoms with Crippen LogP contribution in [0.1, 0.15) is 25.7 Å². The average molecular weight is 263 g/mol. The van der Waals surface area contributed by atoms with E-state index >= 15 is 0 Å². The van der Waals surface area contributed by atoms with Crippen molar-refractivity contribution in [1.29, 1.82) is 0 Å². The average Bonchev–Trinajstić information content (AvgIpc) is 2.38. The van der Waals surface area contributed by atoms with Gasteiger partial charge in [-0.3, -0.25) is 4.79 Å². The van der Waals surface area contributed by atoms with E-state index in [-0.39, 0.29) is 5.91 Å². The second-order valence-electron chi connectivity index (χ2n) is 4.21. The normalized spacial score (nSPS) is 14.2. The first-order valence-corrected chi connectivity index (χ1v) is 6.38. The summed E-state index contributed by atoms with van der Waals surface area (Å²) in [6.07, 6.45) is 11.3. The summed E-state index contributed by atoms with van der Waals surface area (Å²) in [6, 6.07) is 3.37. The lowest BCUT2D eigenvalue weighted by Gasteiger charge is -2.09. The molecule has 1 aromatic rings. The van der Waals surface area contributed by atoms with Gasteiger partial charge in [-0.25, -0.2) is 4.98 Å². The Bertz CT molecular complexity index is 494. The van der Waals surface area contributed by atoms with E-state index in [0.29, 0.717) is 17.3 Å². The van der Waals surface area contributed by atoms with Gasteiger partial charge in [-0.15, -0.1) is 0 Å². The molecule has 0 aromatic carbocycles. The predicted octanol–water partition coefficient (Wildman–Crippen LogP) is 3.73. The first-order chi connectivity index (χ1) is 8.74. The van der Waals surface area contributed by atoms with E-state index < -0.39 is 0 Å². The van der Waals surface area contributed by atoms with Gasteiger partial charge in [0.15, 0.2) is 0 Å². The second kappa shape index (κ2) is 6.36. The summed E-state index contributed by atoms with van der Waals surface area (Å²) < 4.78 is 0. The van der Waals surface area contributed by atoms with E-state index in [2.05, 4.69) is 28.5 Å². The van der Waals surface area contributed by atoms with Crippen molar-refractivity contribution in [2.45, 2.75) is 25.7 Å². The minimum Gasteiger partial charge on any atom is -0.326 e. The van der Waals surface area contributed by atoms with Gasteiger partial charge in [0.05, 0.1) is 0 Å². The highest BCUT2D eigenvalue weighted by molar-refractivity contribution is 6.29. The number of rotatable bonds is 4. The molecule has 0 unspecified atom stereocenters. The van der Waals surface area contributed by atoms with Gasteiger partial charge in [-0.1, -0.05) is 35.4 Å². The summed E-state index contributed by atoms with van der Waals surface area (Å²) in [6.45, 7) is 0. The Labute approximate surface area is 112 Å². The molecule has 1 heterocycles. The Morgan fingerprint density at radius 1 is 1.50 bits per heavy atom. The zero-order valence-electron chi connectivity index (χ0n) is 10.0. The third kappa shape index (κ3) is 4.00. The monoisotopic (exact) mass is 262 g/mol. The molecule has 0 saturated carbocycles. The molecule has 0 saturated heterocycles. The zero-order chi connectivity index (χ0) is 12.8. The topological polar surface area (TPSA) is 42.0 Å². The van der Waals surface area contributed by atoms with Gasteiger partial charge in [0.2, 0.25) is 5.91 Å². The molecule has 0 radical (unpaired) electrons. The third-order valence-corrected chi connectivity index (χ3v) is 2.99. The minimum atomic E-state index is 0.00715. The predicted molar refractivity (Wildman–Crippen MR) is 73.6 cm³/mol. The standard InChI is InChI=1S/C14H15ClN2O/c15-13-10-12(8-9-16-13)17-14(18)7-6-11-4-2-1-3-5-11/h1-2,4,8-10H,3,5-7H2,(H,16,17,18). The number of pyridine rings is 1. The number of halogens is 1. The van der Waals surface area contributed by atoms with Crippen LogP contribution in [0.5, 0.6) is 0 Å². The van der Waals surface area contributed by atoms with Crippen LogP contribution in [0, 0.1) is 0 Å². The van der Waals surface area contributed by atoms with Crippen LogP contribution in [-0.4, -0.2) is 10.9 Å². The highest BCUT2D eigenvalue weighted by Gasteiger charge is 2.06. The Hall–Kier alpha value is -1.61. The fourth-order valence-corrected chi connectivity index (χ4v) is 2.01. The molecule has 0 spiro atoms. The first-order valence-electron chi connectivity index (χ1n) is 6.00. The van der Waals surface area contributed by atoms with Crippen molar-refractivity contribution in [3.63, 3.8) is 0 Å². The number of aromatic nitrogens is 1. The quantitative estimate of drug-likeness (QED) is 0.840. The molecule has 1 amide bonds. The van der Waals surface area contributed by atoms with Gasteiger partial charge in [-0.2, -0.15) is 0 Å². The maximum atomic E-state index is 11.7. The molecule has 0 bridgehead atoms. The lowest BCUT2D eigenvalue weighted by Crippen LogP contribution is -2.11. The number of carbonyl (C=O) groups is 1. The summed E-state index contributed by atoms with van der Waals surface area (Å²) >= 11 is 5.75. The van der Waals surface area contributed by atoms with Crippen molar-refractivity contribution in [2.24, 2.45) is 0 Å². The molecule has 1 aliphatic rings. The van der Waals surface area contributed by atoms with Crippen molar-refractivity contribution < 1.29 is 4.79 Å². The Balaban J connectivity index is 1.82. The van der Waals surface area contributed by atoms with Crippen LogP contribution >= 0.6 is 11.6 Å². The largest absolute Gasteiger partial charge is 0.326 e. The van der Waals surface area contributed by atoms with Crippen molar-refractivity contribution in [3.8, 4) is 0 Å². The fourth-order valence-electron chi connectivity index (χ4n) is 1.84. The Morgan fingerprint density at radius 3 is 3.11 bits per heavy atom. The molecular formula is C14H15ClN2O. The molecule has 3 nitrogen and oxygen atoms in total. The summed E-state index contributed by atoms with van der Waals surface area (Å²) in [5.41, 5.74) is 2.03. The van der Waals surface area contributed by atoms with E-state index in [9.17, 15) is 4.79 Å². The minimum absolute atomic E-state index is 0.00715. The summed E-state index contributed by atoms with van der Waals surface area (Å²) in [7, 11) is 0. The summed E-state index contributed by atoms with van der Waals surface area (Å²) in [5.74, 6) is 0.00715. The van der Waals surface area contributed by atoms with Crippen LogP contribution in [0.2, 0.25) is 5.15 Å². The van der Waals surface area contributed by atoms with Crippen LogP contribution in [0.25, 0.3) is 0 Å². The number of carbonyl (C=O) groups excluding carboxylic acids is 1. The number of nitrogens with zero attached hydrogens (tertiary/aromatic N) is 1. The maximum Gasteiger partial charge on any atom is 0.224 e. The number of nitrogens with one attached hydrogen (secondary N) is 1. The number of allylic oxidation sites excluding steroid dienone is 4. The number of anilines is 1. The number of hydrogen-bond acceptors (Lipinski definition) is 2. The van der Waals surface area contributed by atoms with Crippen LogP contribution < -0.4 is 5.32 Å². The van der Waals surface area contributed by atoms with Crippen molar-refractivity contribution in [1.82, 2.24) is 4.98 Å². The zero-order valence-corrected chi connectivity index (χ0v) is 10.8. The van der Waals surface area contributed by atoms with E-state index in [1.54, 1.807) is 18.3 Å². The second-order valence-corrected chi connectivity index (χ2v) is 4.59. The van der Waals surface area contributed by atoms with Crippen LogP contribution in [-0.2, 0) is 4.79 Å². The molecule has 0 atom stereocenters. The summed E-state index contributed by atoms with van der Waals surface area (Å²) in [5, 5.41) is 3.20. The molecular weight excluding hydrogens is 248 g/mol. The van der Waals surface area contributed by atoms with E-state index in [1.807, 2.05) is 0 Å². The van der Waals surface area contributed by atoms with Gasteiger partial charge >= 0.3 is 0 Å². The Morgan fingerprint density at radius 2 is 2.39 bits per heavy atom. The maximum absolute atomic E-state index is 11.7. The highest BCUT2D eigenvalue weighted by atomic mass is 35.5. The molecule has 1 aliphatic carbocycles. The first kappa shape index (κ1) is 12.8. The molecule has 1 N–H and O–H groups in total. The SMILES string of the molecule is O=C(CCC1=CC=CCC1)Nc1ccnc(Cl)c1. The van der Waals surface area contributed by atoms with Crippen LogP contribution in [0.4, 0.5) is 5.69 Å². The van der Waals surface area contributed by atoms with Crippen molar-refractivity contribution in [2.75, 3.05) is 5.32 Å². The third-order valence-electron chi connectivity index (χ3n) is 2.78. The van der Waals surface area contributed by atoms with Gasteiger partial charge in [0.25, 0.3) is 0 Å². The van der Waals surface area contributed by atoms with Crippen molar-refractivity contribution in [3.05, 3.63) is 47.3 Å². The lowest BCUT2D eigenvalue weighted by atomic mass is 10.0. The van der Waals surface area contributed by atoms with E-state index in [4.69, 9.17) is 11.6 Å². The number of amides is 1. The molecule has 0 aliphatic heterocycles. The fraction of sp³-hybridized carbons (Fsp3) is 0.286. The van der Waals surface area contributed by atoms with Crippen molar-refractivity contribution >= 4 is 23.2 Å². The van der Waals surface area contributed by atoms with Gasteiger partial charge in [0, 0.05) is 18.3 Å². The van der Waals surface area contributed by atoms with E-state index in [1.165, 1.54) is 5.57 Å².